The zero-order valence-corrected chi connectivity index (χ0v) is 14.1. The molecule has 0 saturated heterocycles. The number of benzene rings is 2. The lowest BCUT2D eigenvalue weighted by Gasteiger charge is -2.27. The lowest BCUT2D eigenvalue weighted by atomic mass is 10.1. The van der Waals surface area contributed by atoms with E-state index in [0.717, 1.165) is 29.7 Å². The number of nitrogens with one attached hydrogen (secondary N) is 1. The summed E-state index contributed by atoms with van der Waals surface area (Å²) in [5.74, 6) is 0.849. The molecule has 0 aliphatic heterocycles. The van der Waals surface area contributed by atoms with Gasteiger partial charge in [-0.25, -0.2) is 0 Å². The van der Waals surface area contributed by atoms with Crippen LogP contribution >= 0.6 is 0 Å². The minimum Gasteiger partial charge on any atom is -0.497 e. The summed E-state index contributed by atoms with van der Waals surface area (Å²) >= 11 is 0. The quantitative estimate of drug-likeness (QED) is 0.743. The van der Waals surface area contributed by atoms with E-state index in [0.29, 0.717) is 13.2 Å². The van der Waals surface area contributed by atoms with Crippen molar-refractivity contribution < 1.29 is 14.6 Å². The minimum absolute atomic E-state index is 0.0525. The molecule has 0 aromatic heterocycles. The third-order valence-electron chi connectivity index (χ3n) is 4.64. The Morgan fingerprint density at radius 3 is 2.33 bits per heavy atom. The molecule has 2 N–H and O–H groups in total. The minimum atomic E-state index is -0.239. The van der Waals surface area contributed by atoms with Crippen LogP contribution in [0.5, 0.6) is 5.75 Å². The first-order valence-electron chi connectivity index (χ1n) is 8.41. The van der Waals surface area contributed by atoms with Gasteiger partial charge in [0.15, 0.2) is 0 Å². The zero-order chi connectivity index (χ0) is 16.8. The molecule has 128 valence electrons. The summed E-state index contributed by atoms with van der Waals surface area (Å²) in [6.07, 6.45) is 1.97. The highest BCUT2D eigenvalue weighted by atomic mass is 16.5. The molecule has 1 saturated carbocycles. The van der Waals surface area contributed by atoms with Crippen LogP contribution in [0.2, 0.25) is 0 Å². The molecule has 0 spiro atoms. The van der Waals surface area contributed by atoms with Crippen molar-refractivity contribution in [2.24, 2.45) is 0 Å². The van der Waals surface area contributed by atoms with E-state index in [9.17, 15) is 5.11 Å². The summed E-state index contributed by atoms with van der Waals surface area (Å²) in [4.78, 5) is 0. The van der Waals surface area contributed by atoms with Gasteiger partial charge >= 0.3 is 0 Å². The smallest absolute Gasteiger partial charge is 0.118 e. The first kappa shape index (κ1) is 17.0. The van der Waals surface area contributed by atoms with Gasteiger partial charge in [0.05, 0.1) is 32.0 Å². The largest absolute Gasteiger partial charge is 0.497 e. The summed E-state index contributed by atoms with van der Waals surface area (Å²) in [5, 5.41) is 13.2. The molecule has 1 atom stereocenters. The molecule has 4 nitrogen and oxygen atoms in total. The molecule has 0 bridgehead atoms. The highest BCUT2D eigenvalue weighted by molar-refractivity contribution is 5.27. The Hall–Kier alpha value is -1.88. The Bertz CT molecular complexity index is 623. The molecule has 1 fully saturated rings. The van der Waals surface area contributed by atoms with Crippen molar-refractivity contribution in [2.75, 3.05) is 13.7 Å². The number of hydrogen-bond acceptors (Lipinski definition) is 4. The number of aliphatic hydroxyl groups excluding tert-OH is 1. The molecular weight excluding hydrogens is 302 g/mol. The predicted molar refractivity (Wildman–Crippen MR) is 93.9 cm³/mol. The van der Waals surface area contributed by atoms with Crippen LogP contribution in [0.4, 0.5) is 0 Å². The standard InChI is InChI=1S/C20H25NO3/c1-23-18-9-7-16(8-10-18)13-21-19(14-22)20(11-12-20)24-15-17-5-3-2-4-6-17/h2-10,19,21-22H,11-15H2,1H3/t19-/m0/s1. The van der Waals surface area contributed by atoms with Gasteiger partial charge in [-0.3, -0.25) is 0 Å². The highest BCUT2D eigenvalue weighted by Crippen LogP contribution is 2.43. The summed E-state index contributed by atoms with van der Waals surface area (Å²) < 4.78 is 11.3. The van der Waals surface area contributed by atoms with Gasteiger partial charge in [0.1, 0.15) is 5.75 Å². The van der Waals surface area contributed by atoms with Crippen molar-refractivity contribution in [3.8, 4) is 5.75 Å². The van der Waals surface area contributed by atoms with Crippen LogP contribution in [-0.4, -0.2) is 30.5 Å². The van der Waals surface area contributed by atoms with E-state index in [1.807, 2.05) is 42.5 Å². The highest BCUT2D eigenvalue weighted by Gasteiger charge is 2.50. The summed E-state index contributed by atoms with van der Waals surface area (Å²) in [7, 11) is 1.66. The van der Waals surface area contributed by atoms with E-state index in [1.165, 1.54) is 0 Å². The van der Waals surface area contributed by atoms with Gasteiger partial charge in [0.2, 0.25) is 0 Å². The zero-order valence-electron chi connectivity index (χ0n) is 14.1. The second-order valence-electron chi connectivity index (χ2n) is 6.30. The SMILES string of the molecule is COc1ccc(CN[C@@H](CO)C2(OCc3ccccc3)CC2)cc1. The fraction of sp³-hybridized carbons (Fsp3) is 0.400. The first-order chi connectivity index (χ1) is 11.8. The molecule has 0 unspecified atom stereocenters. The van der Waals surface area contributed by atoms with Crippen molar-refractivity contribution in [1.29, 1.82) is 0 Å². The van der Waals surface area contributed by atoms with Crippen molar-refractivity contribution in [1.82, 2.24) is 5.32 Å². The van der Waals surface area contributed by atoms with Gasteiger partial charge in [0.25, 0.3) is 0 Å². The molecule has 0 heterocycles. The van der Waals surface area contributed by atoms with E-state index in [1.54, 1.807) is 7.11 Å². The van der Waals surface area contributed by atoms with Gasteiger partial charge in [-0.15, -0.1) is 0 Å². The number of ether oxygens (including phenoxy) is 2. The van der Waals surface area contributed by atoms with Gasteiger partial charge < -0.3 is 19.9 Å². The van der Waals surface area contributed by atoms with E-state index in [-0.39, 0.29) is 18.2 Å². The van der Waals surface area contributed by atoms with Crippen molar-refractivity contribution >= 4 is 0 Å². The van der Waals surface area contributed by atoms with E-state index in [4.69, 9.17) is 9.47 Å². The van der Waals surface area contributed by atoms with E-state index in [2.05, 4.69) is 17.4 Å². The van der Waals surface area contributed by atoms with Crippen molar-refractivity contribution in [3.63, 3.8) is 0 Å². The molecule has 0 amide bonds. The lowest BCUT2D eigenvalue weighted by Crippen LogP contribution is -2.45. The number of hydrogen-bond donors (Lipinski definition) is 2. The lowest BCUT2D eigenvalue weighted by molar-refractivity contribution is -0.0206. The summed E-state index contributed by atoms with van der Waals surface area (Å²) in [6.45, 7) is 1.36. The number of methoxy groups -OCH3 is 1. The Balaban J connectivity index is 1.54. The van der Waals surface area contributed by atoms with Gasteiger partial charge in [0, 0.05) is 6.54 Å². The number of rotatable bonds is 9. The fourth-order valence-electron chi connectivity index (χ4n) is 2.92. The molecule has 1 aliphatic carbocycles. The first-order valence-corrected chi connectivity index (χ1v) is 8.41. The second-order valence-corrected chi connectivity index (χ2v) is 6.30. The third kappa shape index (κ3) is 4.15. The molecular formula is C20H25NO3. The third-order valence-corrected chi connectivity index (χ3v) is 4.64. The summed E-state index contributed by atoms with van der Waals surface area (Å²) in [6, 6.07) is 18.1. The maximum Gasteiger partial charge on any atom is 0.118 e. The van der Waals surface area contributed by atoms with Crippen LogP contribution in [0.3, 0.4) is 0 Å². The van der Waals surface area contributed by atoms with Crippen molar-refractivity contribution in [2.45, 2.75) is 37.6 Å². The van der Waals surface area contributed by atoms with Crippen LogP contribution in [-0.2, 0) is 17.9 Å². The summed E-state index contributed by atoms with van der Waals surface area (Å²) in [5.41, 5.74) is 2.08. The molecule has 3 rings (SSSR count). The molecule has 2 aromatic carbocycles. The Labute approximate surface area is 143 Å². The van der Waals surface area contributed by atoms with Crippen LogP contribution in [0.25, 0.3) is 0 Å². The van der Waals surface area contributed by atoms with Gasteiger partial charge in [-0.05, 0) is 36.1 Å². The van der Waals surface area contributed by atoms with Gasteiger partial charge in [-0.1, -0.05) is 42.5 Å². The molecule has 24 heavy (non-hydrogen) atoms. The van der Waals surface area contributed by atoms with E-state index >= 15 is 0 Å². The fourth-order valence-corrected chi connectivity index (χ4v) is 2.92. The average Bonchev–Trinajstić information content (AvgIpc) is 3.43. The van der Waals surface area contributed by atoms with Crippen LogP contribution in [0, 0.1) is 0 Å². The maximum atomic E-state index is 9.80. The molecule has 1 aliphatic rings. The average molecular weight is 327 g/mol. The van der Waals surface area contributed by atoms with Crippen LogP contribution in [0.15, 0.2) is 54.6 Å². The Morgan fingerprint density at radius 1 is 1.04 bits per heavy atom. The van der Waals surface area contributed by atoms with E-state index < -0.39 is 0 Å². The number of aliphatic hydroxyl groups is 1. The molecule has 0 radical (unpaired) electrons. The monoisotopic (exact) mass is 327 g/mol. The predicted octanol–water partition coefficient (Wildman–Crippen LogP) is 2.90. The molecule has 4 heteroatoms. The van der Waals surface area contributed by atoms with Crippen LogP contribution < -0.4 is 10.1 Å². The Morgan fingerprint density at radius 2 is 1.75 bits per heavy atom. The molecule has 2 aromatic rings. The van der Waals surface area contributed by atoms with Crippen molar-refractivity contribution in [3.05, 3.63) is 65.7 Å². The second kappa shape index (κ2) is 7.79. The Kier molecular flexibility index (Phi) is 5.51. The maximum absolute atomic E-state index is 9.80. The topological polar surface area (TPSA) is 50.7 Å². The van der Waals surface area contributed by atoms with Gasteiger partial charge in [-0.2, -0.15) is 0 Å². The normalized spacial score (nSPS) is 16.6. The van der Waals surface area contributed by atoms with Crippen LogP contribution in [0.1, 0.15) is 24.0 Å².